The molecule has 2 aromatic carbocycles. The minimum Gasteiger partial charge on any atom is -0.507 e. The number of aryl methyl sites for hydroxylation is 1. The Kier molecular flexibility index (Phi) is 3.96. The van der Waals surface area contributed by atoms with E-state index in [-0.39, 0.29) is 46.0 Å². The Balaban J connectivity index is 0.00000147. The molecule has 0 spiro atoms. The number of rotatable bonds is 1. The number of aromatic hydroxyl groups is 1. The average molecular weight is 301 g/mol. The first-order chi connectivity index (χ1) is 8.88. The van der Waals surface area contributed by atoms with Gasteiger partial charge in [0.2, 0.25) is 0 Å². The third-order valence-corrected chi connectivity index (χ3v) is 4.25. The Morgan fingerprint density at radius 1 is 1.05 bits per heavy atom. The normalized spacial score (nSPS) is 14.2. The second-order valence-electron chi connectivity index (χ2n) is 4.53. The molecule has 3 rings (SSSR count). The summed E-state index contributed by atoms with van der Waals surface area (Å²) < 4.78 is 31.4. The van der Waals surface area contributed by atoms with E-state index in [1.807, 2.05) is 0 Å². The topological polar surface area (TPSA) is 91.7 Å². The smallest absolute Gasteiger partial charge is 0.294 e. The van der Waals surface area contributed by atoms with Crippen LogP contribution in [0.4, 0.5) is 0 Å². The molecule has 1 aliphatic rings. The molecule has 7 heteroatoms. The first-order valence-corrected chi connectivity index (χ1v) is 7.11. The number of carbonyl (C=O) groups excluding carboxylic acids is 1. The van der Waals surface area contributed by atoms with Gasteiger partial charge in [-0.15, -0.1) is 0 Å². The summed E-state index contributed by atoms with van der Waals surface area (Å²) in [5.74, 6) is -0.129. The summed E-state index contributed by atoms with van der Waals surface area (Å²) >= 11 is 0. The minimum atomic E-state index is -4.30. The predicted octanol–water partition coefficient (Wildman–Crippen LogP) is 1.54. The van der Waals surface area contributed by atoms with Gasteiger partial charge in [-0.2, -0.15) is 8.42 Å². The zero-order chi connectivity index (χ0) is 13.8. The van der Waals surface area contributed by atoms with Gasteiger partial charge in [0, 0.05) is 46.9 Å². The summed E-state index contributed by atoms with van der Waals surface area (Å²) in [6.45, 7) is 0. The van der Waals surface area contributed by atoms with E-state index < -0.39 is 10.1 Å². The van der Waals surface area contributed by atoms with Crippen LogP contribution in [0.3, 0.4) is 0 Å². The fraction of sp³-hybridized carbons (Fsp3) is 0.154. The van der Waals surface area contributed by atoms with E-state index in [0.717, 1.165) is 5.56 Å². The molecule has 2 aromatic rings. The number of phenolic OH excluding ortho intramolecular Hbond substituents is 1. The Morgan fingerprint density at radius 2 is 1.75 bits per heavy atom. The molecule has 0 amide bonds. The van der Waals surface area contributed by atoms with E-state index in [0.29, 0.717) is 29.2 Å². The van der Waals surface area contributed by atoms with Crippen LogP contribution in [0.5, 0.6) is 5.75 Å². The minimum absolute atomic E-state index is 0. The fourth-order valence-corrected chi connectivity index (χ4v) is 3.00. The predicted molar refractivity (Wildman–Crippen MR) is 73.8 cm³/mol. The largest absolute Gasteiger partial charge is 0.507 e. The van der Waals surface area contributed by atoms with Crippen LogP contribution in [0.25, 0.3) is 10.8 Å². The van der Waals surface area contributed by atoms with Crippen molar-refractivity contribution in [3.8, 4) is 5.75 Å². The molecule has 0 heterocycles. The fourth-order valence-electron chi connectivity index (χ4n) is 2.49. The number of hydrogen-bond donors (Lipinski definition) is 2. The number of Topliss-reactive ketones (excluding diaryl/α,β-unsaturated/α-hetero) is 1. The second-order valence-corrected chi connectivity index (χ2v) is 5.95. The first-order valence-electron chi connectivity index (χ1n) is 5.67. The van der Waals surface area contributed by atoms with Crippen LogP contribution in [0.15, 0.2) is 29.2 Å². The van der Waals surface area contributed by atoms with Gasteiger partial charge in [-0.3, -0.25) is 9.35 Å². The summed E-state index contributed by atoms with van der Waals surface area (Å²) in [6, 6.07) is 5.36. The van der Waals surface area contributed by atoms with Crippen molar-refractivity contribution in [1.82, 2.24) is 0 Å². The first kappa shape index (κ1) is 15.5. The molecule has 0 aliphatic heterocycles. The van der Waals surface area contributed by atoms with Crippen molar-refractivity contribution < 1.29 is 22.9 Å². The Morgan fingerprint density at radius 3 is 2.40 bits per heavy atom. The van der Waals surface area contributed by atoms with E-state index in [1.165, 1.54) is 24.3 Å². The van der Waals surface area contributed by atoms with Gasteiger partial charge in [-0.1, -0.05) is 0 Å². The molecule has 2 N–H and O–H groups in total. The molecule has 5 nitrogen and oxygen atoms in total. The molecule has 0 fully saturated rings. The van der Waals surface area contributed by atoms with Gasteiger partial charge in [0.05, 0.1) is 4.90 Å². The van der Waals surface area contributed by atoms with Crippen LogP contribution in [-0.2, 0) is 16.5 Å². The average Bonchev–Trinajstić information content (AvgIpc) is 2.70. The molecular formula is C13H10NaO5S. The van der Waals surface area contributed by atoms with E-state index >= 15 is 0 Å². The quantitative estimate of drug-likeness (QED) is 0.616. The standard InChI is InChI=1S/C13H10O5S.Na/c14-12-4-3-8-10-5-7(19(16,17)18)1-2-9(10)13(15)6-11(8)12;/h1-2,5-6,15H,3-4H2,(H,16,17,18);. The van der Waals surface area contributed by atoms with Gasteiger partial charge in [-0.05, 0) is 41.6 Å². The maximum absolute atomic E-state index is 11.7. The van der Waals surface area contributed by atoms with Crippen molar-refractivity contribution in [3.05, 3.63) is 35.4 Å². The molecule has 0 bridgehead atoms. The molecule has 20 heavy (non-hydrogen) atoms. The van der Waals surface area contributed by atoms with Gasteiger partial charge >= 0.3 is 0 Å². The molecule has 0 aromatic heterocycles. The molecule has 1 aliphatic carbocycles. The Hall–Kier alpha value is -0.920. The molecule has 0 saturated carbocycles. The molecule has 0 unspecified atom stereocenters. The second kappa shape index (κ2) is 5.13. The van der Waals surface area contributed by atoms with Gasteiger partial charge in [-0.25, -0.2) is 0 Å². The Bertz CT molecular complexity index is 826. The summed E-state index contributed by atoms with van der Waals surface area (Å²) in [5, 5.41) is 10.9. The number of benzene rings is 2. The van der Waals surface area contributed by atoms with Gasteiger partial charge in [0.25, 0.3) is 10.1 Å². The van der Waals surface area contributed by atoms with Crippen molar-refractivity contribution in [1.29, 1.82) is 0 Å². The van der Waals surface area contributed by atoms with Crippen molar-refractivity contribution in [2.24, 2.45) is 0 Å². The van der Waals surface area contributed by atoms with Crippen molar-refractivity contribution in [2.45, 2.75) is 17.7 Å². The van der Waals surface area contributed by atoms with Crippen molar-refractivity contribution in [3.63, 3.8) is 0 Å². The summed E-state index contributed by atoms with van der Waals surface area (Å²) in [7, 11) is -4.30. The number of ketones is 1. The molecule has 0 saturated heterocycles. The SMILES string of the molecule is O=C1CCc2c1cc(O)c1ccc(S(=O)(=O)O)cc21.[Na]. The van der Waals surface area contributed by atoms with Crippen molar-refractivity contribution in [2.75, 3.05) is 0 Å². The molecular weight excluding hydrogens is 291 g/mol. The monoisotopic (exact) mass is 301 g/mol. The zero-order valence-corrected chi connectivity index (χ0v) is 13.6. The van der Waals surface area contributed by atoms with Crippen LogP contribution >= 0.6 is 0 Å². The zero-order valence-electron chi connectivity index (χ0n) is 10.8. The third kappa shape index (κ3) is 2.38. The van der Waals surface area contributed by atoms with Crippen molar-refractivity contribution >= 4 is 56.2 Å². The number of phenols is 1. The molecule has 0 atom stereocenters. The van der Waals surface area contributed by atoms with E-state index in [1.54, 1.807) is 0 Å². The van der Waals surface area contributed by atoms with Crippen LogP contribution in [0.2, 0.25) is 0 Å². The van der Waals surface area contributed by atoms with E-state index in [2.05, 4.69) is 0 Å². The van der Waals surface area contributed by atoms with Gasteiger partial charge in [0.1, 0.15) is 5.75 Å². The Labute approximate surface area is 137 Å². The van der Waals surface area contributed by atoms with Crippen LogP contribution in [0.1, 0.15) is 22.3 Å². The summed E-state index contributed by atoms with van der Waals surface area (Å²) in [4.78, 5) is 11.4. The maximum Gasteiger partial charge on any atom is 0.294 e. The summed E-state index contributed by atoms with van der Waals surface area (Å²) in [6.07, 6.45) is 0.865. The van der Waals surface area contributed by atoms with Crippen LogP contribution in [0, 0.1) is 0 Å². The van der Waals surface area contributed by atoms with Crippen LogP contribution in [-0.4, -0.2) is 53.4 Å². The van der Waals surface area contributed by atoms with E-state index in [4.69, 9.17) is 4.55 Å². The number of carbonyl (C=O) groups is 1. The third-order valence-electron chi connectivity index (χ3n) is 3.40. The van der Waals surface area contributed by atoms with Gasteiger partial charge < -0.3 is 5.11 Å². The summed E-state index contributed by atoms with van der Waals surface area (Å²) in [5.41, 5.74) is 1.15. The van der Waals surface area contributed by atoms with Crippen LogP contribution < -0.4 is 0 Å². The van der Waals surface area contributed by atoms with E-state index in [9.17, 15) is 18.3 Å². The number of hydrogen-bond acceptors (Lipinski definition) is 4. The maximum atomic E-state index is 11.7. The molecule has 99 valence electrons. The number of fused-ring (bicyclic) bond motifs is 3. The molecule has 1 radical (unpaired) electrons. The van der Waals surface area contributed by atoms with Gasteiger partial charge in [0.15, 0.2) is 5.78 Å².